The summed E-state index contributed by atoms with van der Waals surface area (Å²) >= 11 is 0. The van der Waals surface area contributed by atoms with Gasteiger partial charge in [0.05, 0.1) is 4.90 Å². The van der Waals surface area contributed by atoms with Crippen molar-refractivity contribution in [2.24, 2.45) is 23.7 Å². The quantitative estimate of drug-likeness (QED) is 0.815. The number of hydrogen-bond donors (Lipinski definition) is 2. The largest absolute Gasteiger partial charge is 0.353 e. The number of carbonyl (C=O) groups is 1. The van der Waals surface area contributed by atoms with Crippen molar-refractivity contribution in [1.29, 1.82) is 0 Å². The van der Waals surface area contributed by atoms with Crippen LogP contribution in [-0.2, 0) is 14.8 Å². The SMILES string of the molecule is O=C(CCNS(=O)(=O)c1ccccc1)NC1C2CC3CC(C2)CC1C3. The first-order chi connectivity index (χ1) is 12.0. The maximum absolute atomic E-state index is 12.3. The highest BCUT2D eigenvalue weighted by atomic mass is 32.2. The molecule has 2 N–H and O–H groups in total. The predicted molar refractivity (Wildman–Crippen MR) is 95.2 cm³/mol. The van der Waals surface area contributed by atoms with Gasteiger partial charge in [-0.1, -0.05) is 18.2 Å². The highest BCUT2D eigenvalue weighted by Gasteiger charge is 2.48. The van der Waals surface area contributed by atoms with Crippen molar-refractivity contribution in [3.63, 3.8) is 0 Å². The van der Waals surface area contributed by atoms with Crippen LogP contribution in [0.4, 0.5) is 0 Å². The van der Waals surface area contributed by atoms with E-state index < -0.39 is 10.0 Å². The van der Waals surface area contributed by atoms with E-state index in [9.17, 15) is 13.2 Å². The van der Waals surface area contributed by atoms with Gasteiger partial charge in [0.25, 0.3) is 0 Å². The summed E-state index contributed by atoms with van der Waals surface area (Å²) in [5.74, 6) is 3.01. The maximum Gasteiger partial charge on any atom is 0.240 e. The average Bonchev–Trinajstić information content (AvgIpc) is 2.58. The van der Waals surface area contributed by atoms with Crippen LogP contribution in [-0.4, -0.2) is 26.9 Å². The van der Waals surface area contributed by atoms with E-state index in [1.165, 1.54) is 32.1 Å². The van der Waals surface area contributed by atoms with Crippen LogP contribution in [0.3, 0.4) is 0 Å². The molecular formula is C19H26N2O3S. The molecular weight excluding hydrogens is 336 g/mol. The Hall–Kier alpha value is -1.40. The van der Waals surface area contributed by atoms with Crippen molar-refractivity contribution in [3.8, 4) is 0 Å². The summed E-state index contributed by atoms with van der Waals surface area (Å²) < 4.78 is 26.8. The third kappa shape index (κ3) is 3.60. The van der Waals surface area contributed by atoms with Crippen LogP contribution in [0.5, 0.6) is 0 Å². The summed E-state index contributed by atoms with van der Waals surface area (Å²) in [5.41, 5.74) is 0. The van der Waals surface area contributed by atoms with Gasteiger partial charge in [-0.2, -0.15) is 0 Å². The second kappa shape index (κ2) is 6.72. The normalized spacial score (nSPS) is 33.4. The molecule has 0 radical (unpaired) electrons. The van der Waals surface area contributed by atoms with Crippen LogP contribution in [0.1, 0.15) is 38.5 Å². The van der Waals surface area contributed by atoms with Crippen molar-refractivity contribution >= 4 is 15.9 Å². The monoisotopic (exact) mass is 362 g/mol. The minimum atomic E-state index is -3.54. The fourth-order valence-corrected chi connectivity index (χ4v) is 6.45. The molecule has 0 saturated heterocycles. The number of nitrogens with one attached hydrogen (secondary N) is 2. The maximum atomic E-state index is 12.3. The fraction of sp³-hybridized carbons (Fsp3) is 0.632. The lowest BCUT2D eigenvalue weighted by molar-refractivity contribution is -0.124. The third-order valence-corrected chi connectivity index (χ3v) is 7.73. The molecule has 0 aromatic heterocycles. The molecule has 1 aromatic carbocycles. The Morgan fingerprint density at radius 3 is 2.16 bits per heavy atom. The molecule has 5 nitrogen and oxygen atoms in total. The van der Waals surface area contributed by atoms with Gasteiger partial charge in [-0.05, 0) is 67.9 Å². The Bertz CT molecular complexity index is 704. The Morgan fingerprint density at radius 1 is 0.960 bits per heavy atom. The Kier molecular flexibility index (Phi) is 4.58. The molecule has 1 aromatic rings. The molecule has 0 aliphatic heterocycles. The topological polar surface area (TPSA) is 75.3 Å². The first-order valence-electron chi connectivity index (χ1n) is 9.35. The lowest BCUT2D eigenvalue weighted by Gasteiger charge is -2.54. The number of amides is 1. The molecule has 25 heavy (non-hydrogen) atoms. The van der Waals surface area contributed by atoms with E-state index in [4.69, 9.17) is 0 Å². The lowest BCUT2D eigenvalue weighted by atomic mass is 9.54. The summed E-state index contributed by atoms with van der Waals surface area (Å²) in [4.78, 5) is 12.5. The fourth-order valence-electron chi connectivity index (χ4n) is 5.40. The molecule has 6 heteroatoms. The zero-order chi connectivity index (χ0) is 17.4. The van der Waals surface area contributed by atoms with Crippen LogP contribution in [0.15, 0.2) is 35.2 Å². The summed E-state index contributed by atoms with van der Waals surface area (Å²) in [6.45, 7) is 0.135. The van der Waals surface area contributed by atoms with Gasteiger partial charge in [0.15, 0.2) is 0 Å². The van der Waals surface area contributed by atoms with Gasteiger partial charge >= 0.3 is 0 Å². The molecule has 136 valence electrons. The van der Waals surface area contributed by atoms with Gasteiger partial charge in [-0.25, -0.2) is 13.1 Å². The molecule has 1 amide bonds. The molecule has 4 aliphatic carbocycles. The van der Waals surface area contributed by atoms with E-state index in [2.05, 4.69) is 10.0 Å². The van der Waals surface area contributed by atoms with Crippen molar-refractivity contribution in [1.82, 2.24) is 10.0 Å². The number of rotatable bonds is 6. The first-order valence-corrected chi connectivity index (χ1v) is 10.8. The van der Waals surface area contributed by atoms with Crippen molar-refractivity contribution in [2.45, 2.75) is 49.5 Å². The molecule has 0 spiro atoms. The summed E-state index contributed by atoms with van der Waals surface area (Å²) in [6, 6.07) is 8.57. The van der Waals surface area contributed by atoms with Crippen LogP contribution < -0.4 is 10.0 Å². The van der Waals surface area contributed by atoms with Crippen LogP contribution >= 0.6 is 0 Å². The Balaban J connectivity index is 1.27. The van der Waals surface area contributed by atoms with Gasteiger partial charge in [0.1, 0.15) is 0 Å². The zero-order valence-electron chi connectivity index (χ0n) is 14.4. The predicted octanol–water partition coefficient (Wildman–Crippen LogP) is 2.30. The van der Waals surface area contributed by atoms with Crippen LogP contribution in [0.25, 0.3) is 0 Å². The molecule has 4 saturated carbocycles. The lowest BCUT2D eigenvalue weighted by Crippen LogP contribution is -2.56. The molecule has 0 atom stereocenters. The van der Waals surface area contributed by atoms with Crippen molar-refractivity contribution in [3.05, 3.63) is 30.3 Å². The Morgan fingerprint density at radius 2 is 1.56 bits per heavy atom. The van der Waals surface area contributed by atoms with E-state index in [0.717, 1.165) is 11.8 Å². The van der Waals surface area contributed by atoms with Gasteiger partial charge < -0.3 is 5.32 Å². The summed E-state index contributed by atoms with van der Waals surface area (Å²) in [7, 11) is -3.54. The minimum absolute atomic E-state index is 0.0340. The first kappa shape index (κ1) is 17.0. The second-order valence-electron chi connectivity index (χ2n) is 7.98. The van der Waals surface area contributed by atoms with Crippen LogP contribution in [0, 0.1) is 23.7 Å². The highest BCUT2D eigenvalue weighted by Crippen LogP contribution is 2.53. The van der Waals surface area contributed by atoms with Gasteiger partial charge in [-0.3, -0.25) is 4.79 Å². The smallest absolute Gasteiger partial charge is 0.240 e. The number of benzene rings is 1. The summed E-state index contributed by atoms with van der Waals surface area (Å²) in [5, 5.41) is 3.21. The van der Waals surface area contributed by atoms with E-state index in [1.54, 1.807) is 30.3 Å². The molecule has 4 aliphatic rings. The van der Waals surface area contributed by atoms with Crippen LogP contribution in [0.2, 0.25) is 0 Å². The standard InChI is InChI=1S/C19H26N2O3S/c22-18(6-7-20-25(23,24)17-4-2-1-3-5-17)21-19-15-9-13-8-14(11-15)12-16(19)10-13/h1-5,13-16,19-20H,6-12H2,(H,21,22). The average molecular weight is 362 g/mol. The van der Waals surface area contributed by atoms with Crippen molar-refractivity contribution in [2.75, 3.05) is 6.54 Å². The minimum Gasteiger partial charge on any atom is -0.353 e. The zero-order valence-corrected chi connectivity index (χ0v) is 15.2. The second-order valence-corrected chi connectivity index (χ2v) is 9.75. The summed E-state index contributed by atoms with van der Waals surface area (Å²) in [6.07, 6.45) is 6.64. The molecule has 0 heterocycles. The Labute approximate surface area is 149 Å². The highest BCUT2D eigenvalue weighted by molar-refractivity contribution is 7.89. The van der Waals surface area contributed by atoms with E-state index in [1.807, 2.05) is 0 Å². The molecule has 4 bridgehead atoms. The molecule has 4 fully saturated rings. The van der Waals surface area contributed by atoms with E-state index in [0.29, 0.717) is 17.9 Å². The number of carbonyl (C=O) groups excluding carboxylic acids is 1. The van der Waals surface area contributed by atoms with Crippen molar-refractivity contribution < 1.29 is 13.2 Å². The number of hydrogen-bond acceptors (Lipinski definition) is 3. The van der Waals surface area contributed by atoms with Gasteiger partial charge in [-0.15, -0.1) is 0 Å². The van der Waals surface area contributed by atoms with Gasteiger partial charge in [0.2, 0.25) is 15.9 Å². The number of sulfonamides is 1. The molecule has 0 unspecified atom stereocenters. The third-order valence-electron chi connectivity index (χ3n) is 6.25. The van der Waals surface area contributed by atoms with Gasteiger partial charge in [0, 0.05) is 19.0 Å². The van der Waals surface area contributed by atoms with E-state index in [-0.39, 0.29) is 23.8 Å². The molecule has 5 rings (SSSR count). The van der Waals surface area contributed by atoms with E-state index >= 15 is 0 Å².